The predicted molar refractivity (Wildman–Crippen MR) is 109 cm³/mol. The Balaban J connectivity index is 1.48. The summed E-state index contributed by atoms with van der Waals surface area (Å²) in [6.07, 6.45) is 4.02. The van der Waals surface area contributed by atoms with Crippen LogP contribution in [0.2, 0.25) is 0 Å². The van der Waals surface area contributed by atoms with Crippen LogP contribution in [0.25, 0.3) is 0 Å². The molecular weight excluding hydrogens is 368 g/mol. The molecule has 1 N–H and O–H groups in total. The molecular formula is C22H26N4O3. The fraction of sp³-hybridized carbons (Fsp3) is 0.500. The van der Waals surface area contributed by atoms with Gasteiger partial charge in [0.1, 0.15) is 28.8 Å². The quantitative estimate of drug-likeness (QED) is 0.840. The molecule has 1 aliphatic carbocycles. The Morgan fingerprint density at radius 2 is 1.97 bits per heavy atom. The minimum Gasteiger partial charge on any atom is -0.497 e. The van der Waals surface area contributed by atoms with E-state index in [1.807, 2.05) is 12.1 Å². The Hall–Kier alpha value is -2.83. The van der Waals surface area contributed by atoms with Crippen LogP contribution < -0.4 is 19.7 Å². The lowest BCUT2D eigenvalue weighted by Gasteiger charge is -2.25. The normalized spacial score (nSPS) is 21.0. The maximum Gasteiger partial charge on any atom is 0.270 e. The number of carbonyl (C=O) groups is 1. The lowest BCUT2D eigenvalue weighted by atomic mass is 9.97. The standard InChI is InChI=1S/C22H26N4O3/c1-28-15-5-6-18(29-2)17(11-15)14-8-10-26(12-14)21-16-7-9-23-22(27)19(16)24-20(25-21)13-3-4-13/h5-6,11,13-14H,3-4,7-10,12H2,1-2H3,(H,23,27). The molecule has 2 aliphatic heterocycles. The predicted octanol–water partition coefficient (Wildman–Crippen LogP) is 2.65. The third-order valence-electron chi connectivity index (χ3n) is 6.19. The monoisotopic (exact) mass is 394 g/mol. The molecule has 3 aliphatic rings. The van der Waals surface area contributed by atoms with E-state index in [0.29, 0.717) is 24.1 Å². The number of hydrogen-bond acceptors (Lipinski definition) is 6. The largest absolute Gasteiger partial charge is 0.497 e. The van der Waals surface area contributed by atoms with Gasteiger partial charge in [-0.25, -0.2) is 9.97 Å². The average molecular weight is 394 g/mol. The molecule has 1 saturated carbocycles. The SMILES string of the molecule is COc1ccc(OC)c(C2CCN(c3nc(C4CC4)nc4c3CCNC4=O)C2)c1. The fourth-order valence-corrected chi connectivity index (χ4v) is 4.44. The number of nitrogens with zero attached hydrogens (tertiary/aromatic N) is 3. The molecule has 2 fully saturated rings. The number of anilines is 1. The van der Waals surface area contributed by atoms with Crippen LogP contribution in [0, 0.1) is 0 Å². The molecule has 1 saturated heterocycles. The van der Waals surface area contributed by atoms with Gasteiger partial charge in [0.05, 0.1) is 14.2 Å². The molecule has 3 heterocycles. The highest BCUT2D eigenvalue weighted by molar-refractivity contribution is 5.96. The molecule has 0 spiro atoms. The van der Waals surface area contributed by atoms with Crippen LogP contribution in [0.3, 0.4) is 0 Å². The fourth-order valence-electron chi connectivity index (χ4n) is 4.44. The van der Waals surface area contributed by atoms with Gasteiger partial charge in [-0.1, -0.05) is 0 Å². The van der Waals surface area contributed by atoms with Crippen molar-refractivity contribution in [2.45, 2.75) is 37.5 Å². The van der Waals surface area contributed by atoms with Gasteiger partial charge < -0.3 is 19.7 Å². The second-order valence-electron chi connectivity index (χ2n) is 8.05. The van der Waals surface area contributed by atoms with E-state index < -0.39 is 0 Å². The van der Waals surface area contributed by atoms with Crippen LogP contribution in [0.5, 0.6) is 11.5 Å². The summed E-state index contributed by atoms with van der Waals surface area (Å²) in [6, 6.07) is 5.97. The summed E-state index contributed by atoms with van der Waals surface area (Å²) in [4.78, 5) is 24.3. The zero-order valence-electron chi connectivity index (χ0n) is 16.9. The minimum atomic E-state index is -0.0676. The second kappa shape index (κ2) is 7.21. The van der Waals surface area contributed by atoms with Crippen molar-refractivity contribution in [2.75, 3.05) is 38.8 Å². The summed E-state index contributed by atoms with van der Waals surface area (Å²) in [5, 5.41) is 2.93. The first-order valence-electron chi connectivity index (χ1n) is 10.3. The zero-order valence-corrected chi connectivity index (χ0v) is 16.9. The number of methoxy groups -OCH3 is 2. The zero-order chi connectivity index (χ0) is 20.0. The highest BCUT2D eigenvalue weighted by Gasteiger charge is 2.35. The van der Waals surface area contributed by atoms with Gasteiger partial charge in [0.15, 0.2) is 0 Å². The molecule has 7 nitrogen and oxygen atoms in total. The number of benzene rings is 1. The van der Waals surface area contributed by atoms with E-state index in [9.17, 15) is 4.79 Å². The van der Waals surface area contributed by atoms with E-state index in [0.717, 1.165) is 73.0 Å². The number of hydrogen-bond donors (Lipinski definition) is 1. The minimum absolute atomic E-state index is 0.0676. The molecule has 1 aromatic heterocycles. The number of carbonyl (C=O) groups excluding carboxylic acids is 1. The topological polar surface area (TPSA) is 76.6 Å². The van der Waals surface area contributed by atoms with Crippen molar-refractivity contribution >= 4 is 11.7 Å². The summed E-state index contributed by atoms with van der Waals surface area (Å²) in [7, 11) is 3.39. The smallest absolute Gasteiger partial charge is 0.270 e. The highest BCUT2D eigenvalue weighted by Crippen LogP contribution is 2.42. The molecule has 0 bridgehead atoms. The molecule has 1 aromatic carbocycles. The molecule has 0 radical (unpaired) electrons. The van der Waals surface area contributed by atoms with E-state index in [1.54, 1.807) is 14.2 Å². The third kappa shape index (κ3) is 3.28. The van der Waals surface area contributed by atoms with Gasteiger partial charge in [-0.15, -0.1) is 0 Å². The maximum absolute atomic E-state index is 12.4. The first-order valence-corrected chi connectivity index (χ1v) is 10.3. The molecule has 7 heteroatoms. The number of fused-ring (bicyclic) bond motifs is 1. The maximum atomic E-state index is 12.4. The van der Waals surface area contributed by atoms with Gasteiger partial charge in [0, 0.05) is 42.6 Å². The molecule has 5 rings (SSSR count). The van der Waals surface area contributed by atoms with Crippen molar-refractivity contribution in [2.24, 2.45) is 0 Å². The molecule has 152 valence electrons. The number of rotatable bonds is 5. The van der Waals surface area contributed by atoms with Gasteiger partial charge >= 0.3 is 0 Å². The van der Waals surface area contributed by atoms with Crippen molar-refractivity contribution in [3.05, 3.63) is 40.8 Å². The third-order valence-corrected chi connectivity index (χ3v) is 6.19. The van der Waals surface area contributed by atoms with Crippen LogP contribution in [-0.2, 0) is 6.42 Å². The van der Waals surface area contributed by atoms with Crippen LogP contribution in [0.15, 0.2) is 18.2 Å². The summed E-state index contributed by atoms with van der Waals surface area (Å²) in [5.74, 6) is 4.18. The molecule has 29 heavy (non-hydrogen) atoms. The van der Waals surface area contributed by atoms with Gasteiger partial charge in [-0.3, -0.25) is 4.79 Å². The van der Waals surface area contributed by atoms with Crippen LogP contribution in [0.1, 0.15) is 58.5 Å². The summed E-state index contributed by atoms with van der Waals surface area (Å²) >= 11 is 0. The van der Waals surface area contributed by atoms with Gasteiger partial charge in [0.25, 0.3) is 5.91 Å². The van der Waals surface area contributed by atoms with E-state index in [-0.39, 0.29) is 5.91 Å². The van der Waals surface area contributed by atoms with Crippen molar-refractivity contribution in [1.82, 2.24) is 15.3 Å². The van der Waals surface area contributed by atoms with Gasteiger partial charge in [0.2, 0.25) is 0 Å². The van der Waals surface area contributed by atoms with Crippen LogP contribution in [-0.4, -0.2) is 49.7 Å². The van der Waals surface area contributed by atoms with E-state index >= 15 is 0 Å². The summed E-state index contributed by atoms with van der Waals surface area (Å²) in [6.45, 7) is 2.39. The molecule has 1 atom stereocenters. The number of aromatic nitrogens is 2. The number of amides is 1. The van der Waals surface area contributed by atoms with Crippen molar-refractivity contribution in [3.8, 4) is 11.5 Å². The number of nitrogens with one attached hydrogen (secondary N) is 1. The Labute approximate surface area is 170 Å². The average Bonchev–Trinajstić information content (AvgIpc) is 3.49. The molecule has 1 unspecified atom stereocenters. The highest BCUT2D eigenvalue weighted by atomic mass is 16.5. The second-order valence-corrected chi connectivity index (χ2v) is 8.05. The molecule has 2 aromatic rings. The van der Waals surface area contributed by atoms with Crippen LogP contribution >= 0.6 is 0 Å². The van der Waals surface area contributed by atoms with Crippen molar-refractivity contribution in [3.63, 3.8) is 0 Å². The lowest BCUT2D eigenvalue weighted by Crippen LogP contribution is -2.35. The number of ether oxygens (including phenoxy) is 2. The van der Waals surface area contributed by atoms with Gasteiger partial charge in [-0.05, 0) is 43.9 Å². The first kappa shape index (κ1) is 18.2. The van der Waals surface area contributed by atoms with Crippen molar-refractivity contribution in [1.29, 1.82) is 0 Å². The van der Waals surface area contributed by atoms with E-state index in [4.69, 9.17) is 14.5 Å². The van der Waals surface area contributed by atoms with E-state index in [1.165, 1.54) is 0 Å². The van der Waals surface area contributed by atoms with Crippen molar-refractivity contribution < 1.29 is 14.3 Å². The van der Waals surface area contributed by atoms with Crippen LogP contribution in [0.4, 0.5) is 5.82 Å². The van der Waals surface area contributed by atoms with E-state index in [2.05, 4.69) is 21.3 Å². The summed E-state index contributed by atoms with van der Waals surface area (Å²) < 4.78 is 11.0. The Morgan fingerprint density at radius 3 is 2.72 bits per heavy atom. The Morgan fingerprint density at radius 1 is 1.10 bits per heavy atom. The first-order chi connectivity index (χ1) is 14.2. The Kier molecular flexibility index (Phi) is 4.53. The molecule has 1 amide bonds. The lowest BCUT2D eigenvalue weighted by molar-refractivity contribution is 0.0940. The summed E-state index contributed by atoms with van der Waals surface area (Å²) in [5.41, 5.74) is 2.74. The Bertz CT molecular complexity index is 957. The van der Waals surface area contributed by atoms with Gasteiger partial charge in [-0.2, -0.15) is 0 Å².